The van der Waals surface area contributed by atoms with Crippen molar-refractivity contribution < 1.29 is 14.6 Å². The van der Waals surface area contributed by atoms with E-state index in [-0.39, 0.29) is 23.6 Å². The summed E-state index contributed by atoms with van der Waals surface area (Å²) in [6.07, 6.45) is 3.80. The number of ether oxygens (including phenoxy) is 1. The Labute approximate surface area is 112 Å². The summed E-state index contributed by atoms with van der Waals surface area (Å²) in [7, 11) is 1.52. The van der Waals surface area contributed by atoms with Crippen LogP contribution in [0, 0.1) is 5.92 Å². The van der Waals surface area contributed by atoms with Crippen LogP contribution in [0.3, 0.4) is 0 Å². The smallest absolute Gasteiger partial charge is 0.229 e. The molecule has 4 N–H and O–H groups in total. The van der Waals surface area contributed by atoms with Gasteiger partial charge in [0, 0.05) is 12.1 Å². The fourth-order valence-corrected chi connectivity index (χ4v) is 2.45. The number of carbonyl (C=O) groups is 1. The van der Waals surface area contributed by atoms with E-state index < -0.39 is 0 Å². The zero-order valence-electron chi connectivity index (χ0n) is 11.1. The number of methoxy groups -OCH3 is 1. The molecule has 2 atom stereocenters. The van der Waals surface area contributed by atoms with Crippen LogP contribution >= 0.6 is 0 Å². The van der Waals surface area contributed by atoms with Crippen LogP contribution in [0.25, 0.3) is 0 Å². The van der Waals surface area contributed by atoms with Crippen LogP contribution in [-0.2, 0) is 4.79 Å². The monoisotopic (exact) mass is 264 g/mol. The molecule has 0 aliphatic heterocycles. The molecule has 1 aromatic rings. The minimum absolute atomic E-state index is 0.00270. The predicted molar refractivity (Wildman–Crippen MR) is 73.2 cm³/mol. The number of carbonyl (C=O) groups excluding carboxylic acids is 1. The minimum atomic E-state index is -0.171. The van der Waals surface area contributed by atoms with Gasteiger partial charge in [-0.25, -0.2) is 0 Å². The average Bonchev–Trinajstić information content (AvgIpc) is 2.41. The van der Waals surface area contributed by atoms with E-state index in [2.05, 4.69) is 5.32 Å². The summed E-state index contributed by atoms with van der Waals surface area (Å²) in [6, 6.07) is 4.70. The van der Waals surface area contributed by atoms with Crippen LogP contribution in [0.4, 0.5) is 5.69 Å². The third-order valence-electron chi connectivity index (χ3n) is 3.62. The highest BCUT2D eigenvalue weighted by atomic mass is 16.5. The van der Waals surface area contributed by atoms with Crippen molar-refractivity contribution in [3.8, 4) is 11.5 Å². The van der Waals surface area contributed by atoms with Crippen LogP contribution in [0.2, 0.25) is 0 Å². The number of hydrogen-bond donors (Lipinski definition) is 3. The first-order valence-electron chi connectivity index (χ1n) is 6.55. The lowest BCUT2D eigenvalue weighted by atomic mass is 9.84. The van der Waals surface area contributed by atoms with E-state index in [1.165, 1.54) is 13.2 Å². The van der Waals surface area contributed by atoms with Crippen molar-refractivity contribution in [1.29, 1.82) is 0 Å². The van der Waals surface area contributed by atoms with E-state index in [0.717, 1.165) is 25.7 Å². The van der Waals surface area contributed by atoms with Crippen LogP contribution in [0.1, 0.15) is 25.7 Å². The fourth-order valence-electron chi connectivity index (χ4n) is 2.45. The minimum Gasteiger partial charge on any atom is -0.506 e. The molecule has 0 aromatic heterocycles. The standard InChI is InChI=1S/C14H20N2O3/c1-19-9-6-7-12(13(17)8-9)16-14(18)10-4-2-3-5-11(10)15/h6-8,10-11,17H,2-5,15H2,1H3,(H,16,18). The van der Waals surface area contributed by atoms with Gasteiger partial charge in [0.2, 0.25) is 5.91 Å². The molecule has 1 saturated carbocycles. The molecule has 1 aromatic carbocycles. The Bertz CT molecular complexity index is 462. The van der Waals surface area contributed by atoms with Crippen LogP contribution in [0.15, 0.2) is 18.2 Å². The average molecular weight is 264 g/mol. The fraction of sp³-hybridized carbons (Fsp3) is 0.500. The van der Waals surface area contributed by atoms with Gasteiger partial charge in [0.1, 0.15) is 11.5 Å². The van der Waals surface area contributed by atoms with Crippen LogP contribution < -0.4 is 15.8 Å². The van der Waals surface area contributed by atoms with E-state index in [1.807, 2.05) is 0 Å². The van der Waals surface area contributed by atoms with Crippen molar-refractivity contribution in [3.63, 3.8) is 0 Å². The number of anilines is 1. The van der Waals surface area contributed by atoms with Crippen molar-refractivity contribution in [3.05, 3.63) is 18.2 Å². The zero-order valence-corrected chi connectivity index (χ0v) is 11.1. The second-order valence-electron chi connectivity index (χ2n) is 4.93. The first-order chi connectivity index (χ1) is 9.11. The number of nitrogens with one attached hydrogen (secondary N) is 1. The Morgan fingerprint density at radius 1 is 1.42 bits per heavy atom. The molecule has 0 bridgehead atoms. The Morgan fingerprint density at radius 3 is 2.79 bits per heavy atom. The summed E-state index contributed by atoms with van der Waals surface area (Å²) >= 11 is 0. The Morgan fingerprint density at radius 2 is 2.16 bits per heavy atom. The van der Waals surface area contributed by atoms with Crippen molar-refractivity contribution in [1.82, 2.24) is 0 Å². The number of aromatic hydroxyl groups is 1. The summed E-state index contributed by atoms with van der Waals surface area (Å²) in [5, 5.41) is 12.5. The molecular weight excluding hydrogens is 244 g/mol. The van der Waals surface area contributed by atoms with E-state index in [4.69, 9.17) is 10.5 Å². The predicted octanol–water partition coefficient (Wildman–Crippen LogP) is 1.86. The van der Waals surface area contributed by atoms with Gasteiger partial charge in [-0.3, -0.25) is 4.79 Å². The Balaban J connectivity index is 2.06. The molecule has 19 heavy (non-hydrogen) atoms. The topological polar surface area (TPSA) is 84.6 Å². The zero-order chi connectivity index (χ0) is 13.8. The number of phenols is 1. The van der Waals surface area contributed by atoms with Gasteiger partial charge in [-0.15, -0.1) is 0 Å². The first-order valence-corrected chi connectivity index (χ1v) is 6.55. The van der Waals surface area contributed by atoms with Crippen molar-refractivity contribution in [2.75, 3.05) is 12.4 Å². The molecule has 5 heteroatoms. The Hall–Kier alpha value is -1.75. The van der Waals surface area contributed by atoms with E-state index in [1.54, 1.807) is 12.1 Å². The van der Waals surface area contributed by atoms with Gasteiger partial charge in [0.05, 0.1) is 18.7 Å². The molecule has 5 nitrogen and oxygen atoms in total. The van der Waals surface area contributed by atoms with Gasteiger partial charge < -0.3 is 20.9 Å². The normalized spacial score (nSPS) is 22.8. The first kappa shape index (κ1) is 13.7. The van der Waals surface area contributed by atoms with E-state index in [0.29, 0.717) is 11.4 Å². The molecule has 0 saturated heterocycles. The second-order valence-corrected chi connectivity index (χ2v) is 4.93. The summed E-state index contributed by atoms with van der Waals surface area (Å²) in [4.78, 5) is 12.2. The van der Waals surface area contributed by atoms with Crippen molar-refractivity contribution in [2.24, 2.45) is 11.7 Å². The lowest BCUT2D eigenvalue weighted by Crippen LogP contribution is -2.40. The van der Waals surface area contributed by atoms with Gasteiger partial charge in [0.15, 0.2) is 0 Å². The second kappa shape index (κ2) is 5.93. The molecule has 1 aliphatic carbocycles. The molecule has 1 aliphatic rings. The lowest BCUT2D eigenvalue weighted by Gasteiger charge is -2.27. The van der Waals surface area contributed by atoms with Gasteiger partial charge in [-0.05, 0) is 25.0 Å². The SMILES string of the molecule is COc1ccc(NC(=O)C2CCCCC2N)c(O)c1. The molecule has 1 fully saturated rings. The highest BCUT2D eigenvalue weighted by molar-refractivity contribution is 5.94. The molecule has 104 valence electrons. The van der Waals surface area contributed by atoms with E-state index in [9.17, 15) is 9.90 Å². The van der Waals surface area contributed by atoms with Crippen LogP contribution in [-0.4, -0.2) is 24.2 Å². The molecule has 2 rings (SSSR count). The van der Waals surface area contributed by atoms with E-state index >= 15 is 0 Å². The number of phenolic OH excluding ortho intramolecular Hbond substituents is 1. The third kappa shape index (κ3) is 3.17. The summed E-state index contributed by atoms with van der Waals surface area (Å²) in [6.45, 7) is 0. The number of benzene rings is 1. The molecule has 0 radical (unpaired) electrons. The summed E-state index contributed by atoms with van der Waals surface area (Å²) < 4.78 is 5.00. The largest absolute Gasteiger partial charge is 0.506 e. The van der Waals surface area contributed by atoms with Gasteiger partial charge in [-0.1, -0.05) is 12.8 Å². The van der Waals surface area contributed by atoms with Gasteiger partial charge in [-0.2, -0.15) is 0 Å². The maximum absolute atomic E-state index is 12.2. The van der Waals surface area contributed by atoms with Gasteiger partial charge >= 0.3 is 0 Å². The summed E-state index contributed by atoms with van der Waals surface area (Å²) in [5.41, 5.74) is 6.37. The van der Waals surface area contributed by atoms with Gasteiger partial charge in [0.25, 0.3) is 0 Å². The Kier molecular flexibility index (Phi) is 4.27. The molecule has 0 heterocycles. The molecule has 1 amide bonds. The number of rotatable bonds is 3. The lowest BCUT2D eigenvalue weighted by molar-refractivity contribution is -0.121. The number of amides is 1. The van der Waals surface area contributed by atoms with Crippen LogP contribution in [0.5, 0.6) is 11.5 Å². The summed E-state index contributed by atoms with van der Waals surface area (Å²) in [5.74, 6) is 0.255. The highest BCUT2D eigenvalue weighted by Gasteiger charge is 2.28. The molecule has 0 spiro atoms. The maximum Gasteiger partial charge on any atom is 0.229 e. The maximum atomic E-state index is 12.2. The van der Waals surface area contributed by atoms with Crippen molar-refractivity contribution >= 4 is 11.6 Å². The quantitative estimate of drug-likeness (QED) is 0.727. The number of hydrogen-bond acceptors (Lipinski definition) is 4. The van der Waals surface area contributed by atoms with Crippen molar-refractivity contribution in [2.45, 2.75) is 31.7 Å². The number of nitrogens with two attached hydrogens (primary N) is 1. The highest BCUT2D eigenvalue weighted by Crippen LogP contribution is 2.30. The third-order valence-corrected chi connectivity index (χ3v) is 3.62. The molecular formula is C14H20N2O3. The molecule has 2 unspecified atom stereocenters.